The summed E-state index contributed by atoms with van der Waals surface area (Å²) in [5.74, 6) is 1.69. The van der Waals surface area contributed by atoms with E-state index in [0.717, 1.165) is 46.5 Å². The third kappa shape index (κ3) is 3.89. The van der Waals surface area contributed by atoms with Gasteiger partial charge in [-0.05, 0) is 37.6 Å². The summed E-state index contributed by atoms with van der Waals surface area (Å²) in [4.78, 5) is 32.6. The van der Waals surface area contributed by atoms with Crippen LogP contribution in [-0.2, 0) is 6.42 Å². The highest BCUT2D eigenvalue weighted by Gasteiger charge is 2.24. The molecule has 1 saturated heterocycles. The monoisotopic (exact) mass is 393 g/mol. The van der Waals surface area contributed by atoms with E-state index < -0.39 is 0 Å². The van der Waals surface area contributed by atoms with Gasteiger partial charge in [-0.3, -0.25) is 9.78 Å². The zero-order valence-corrected chi connectivity index (χ0v) is 16.9. The average molecular weight is 394 g/mol. The van der Waals surface area contributed by atoms with Crippen LogP contribution in [0.2, 0.25) is 0 Å². The van der Waals surface area contributed by atoms with Crippen LogP contribution in [0.3, 0.4) is 0 Å². The second-order valence-electron chi connectivity index (χ2n) is 6.80. The van der Waals surface area contributed by atoms with Crippen molar-refractivity contribution in [1.29, 1.82) is 0 Å². The lowest BCUT2D eigenvalue weighted by molar-refractivity contribution is 0.0751. The normalized spacial score (nSPS) is 14.4. The first-order valence-electron chi connectivity index (χ1n) is 9.54. The summed E-state index contributed by atoms with van der Waals surface area (Å²) >= 11 is 1.56. The lowest BCUT2D eigenvalue weighted by Crippen LogP contribution is -2.49. The van der Waals surface area contributed by atoms with Gasteiger partial charge in [0.1, 0.15) is 11.5 Å². The van der Waals surface area contributed by atoms with Crippen molar-refractivity contribution in [3.63, 3.8) is 0 Å². The maximum absolute atomic E-state index is 12.7. The maximum atomic E-state index is 12.7. The van der Waals surface area contributed by atoms with E-state index in [2.05, 4.69) is 21.8 Å². The highest BCUT2D eigenvalue weighted by Crippen LogP contribution is 2.22. The quantitative estimate of drug-likeness (QED) is 0.680. The van der Waals surface area contributed by atoms with E-state index >= 15 is 0 Å². The Morgan fingerprint density at radius 2 is 1.93 bits per heavy atom. The fourth-order valence-electron chi connectivity index (χ4n) is 3.28. The minimum atomic E-state index is 0.129. The molecule has 0 unspecified atom stereocenters. The Morgan fingerprint density at radius 3 is 2.57 bits per heavy atom. The van der Waals surface area contributed by atoms with Crippen LogP contribution in [0, 0.1) is 6.92 Å². The Balaban J connectivity index is 1.50. The van der Waals surface area contributed by atoms with Crippen molar-refractivity contribution in [3.05, 3.63) is 58.0 Å². The highest BCUT2D eigenvalue weighted by atomic mass is 32.1. The summed E-state index contributed by atoms with van der Waals surface area (Å²) in [6, 6.07) is 11.7. The first-order valence-corrected chi connectivity index (χ1v) is 10.4. The third-order valence-electron chi connectivity index (χ3n) is 4.86. The predicted octanol–water partition coefficient (Wildman–Crippen LogP) is 3.43. The molecule has 0 saturated carbocycles. The molecule has 0 atom stereocenters. The number of pyridine rings is 1. The molecule has 0 bridgehead atoms. The van der Waals surface area contributed by atoms with E-state index in [1.165, 1.54) is 0 Å². The number of amides is 1. The molecule has 4 rings (SSSR count). The number of rotatable bonds is 4. The van der Waals surface area contributed by atoms with Crippen LogP contribution in [0.15, 0.2) is 42.6 Å². The van der Waals surface area contributed by atoms with E-state index in [-0.39, 0.29) is 5.91 Å². The molecule has 144 valence electrons. The zero-order valence-electron chi connectivity index (χ0n) is 16.1. The molecule has 0 aromatic carbocycles. The Bertz CT molecular complexity index is 964. The number of hydrogen-bond donors (Lipinski definition) is 0. The van der Waals surface area contributed by atoms with Gasteiger partial charge in [-0.25, -0.2) is 9.97 Å². The fourth-order valence-corrected chi connectivity index (χ4v) is 4.12. The molecule has 3 aromatic rings. The van der Waals surface area contributed by atoms with E-state index in [9.17, 15) is 4.79 Å². The number of nitrogens with zero attached hydrogens (tertiary/aromatic N) is 5. The van der Waals surface area contributed by atoms with Gasteiger partial charge in [0, 0.05) is 49.0 Å². The van der Waals surface area contributed by atoms with Crippen molar-refractivity contribution in [3.8, 4) is 11.5 Å². The second-order valence-corrected chi connectivity index (χ2v) is 8.09. The smallest absolute Gasteiger partial charge is 0.264 e. The first kappa shape index (κ1) is 18.6. The molecule has 0 radical (unpaired) electrons. The molecule has 1 fully saturated rings. The summed E-state index contributed by atoms with van der Waals surface area (Å²) in [6.07, 6.45) is 2.60. The van der Waals surface area contributed by atoms with E-state index in [0.29, 0.717) is 18.9 Å². The summed E-state index contributed by atoms with van der Waals surface area (Å²) in [6.45, 7) is 7.03. The van der Waals surface area contributed by atoms with Crippen molar-refractivity contribution in [2.45, 2.75) is 20.3 Å². The maximum Gasteiger partial charge on any atom is 0.264 e. The largest absolute Gasteiger partial charge is 0.353 e. The lowest BCUT2D eigenvalue weighted by atomic mass is 10.2. The van der Waals surface area contributed by atoms with Crippen molar-refractivity contribution in [1.82, 2.24) is 19.9 Å². The second kappa shape index (κ2) is 8.06. The summed E-state index contributed by atoms with van der Waals surface area (Å²) in [7, 11) is 0. The number of anilines is 1. The molecule has 28 heavy (non-hydrogen) atoms. The summed E-state index contributed by atoms with van der Waals surface area (Å²) in [5.41, 5.74) is 1.78. The van der Waals surface area contributed by atoms with Gasteiger partial charge in [0.05, 0.1) is 4.88 Å². The number of aromatic nitrogens is 3. The number of aryl methyl sites for hydroxylation is 2. The summed E-state index contributed by atoms with van der Waals surface area (Å²) < 4.78 is 0. The molecule has 6 nitrogen and oxygen atoms in total. The lowest BCUT2D eigenvalue weighted by Gasteiger charge is -2.35. The van der Waals surface area contributed by atoms with Crippen LogP contribution >= 0.6 is 11.3 Å². The Kier molecular flexibility index (Phi) is 5.34. The summed E-state index contributed by atoms with van der Waals surface area (Å²) in [5, 5.41) is 0. The number of carbonyl (C=O) groups excluding carboxylic acids is 1. The molecule has 0 N–H and O–H groups in total. The van der Waals surface area contributed by atoms with Crippen LogP contribution in [-0.4, -0.2) is 51.9 Å². The average Bonchev–Trinajstić information content (AvgIpc) is 3.20. The molecular formula is C21H23N5OS. The number of hydrogen-bond acceptors (Lipinski definition) is 6. The molecule has 1 aliphatic heterocycles. The number of thiophene rings is 1. The topological polar surface area (TPSA) is 62.2 Å². The fraction of sp³-hybridized carbons (Fsp3) is 0.333. The van der Waals surface area contributed by atoms with Gasteiger partial charge < -0.3 is 9.80 Å². The molecule has 3 aromatic heterocycles. The van der Waals surface area contributed by atoms with Crippen LogP contribution in [0.25, 0.3) is 11.5 Å². The Labute approximate surface area is 168 Å². The van der Waals surface area contributed by atoms with Crippen molar-refractivity contribution in [2.24, 2.45) is 0 Å². The molecule has 1 aliphatic rings. The molecule has 4 heterocycles. The third-order valence-corrected chi connectivity index (χ3v) is 5.85. The Morgan fingerprint density at radius 1 is 1.11 bits per heavy atom. The van der Waals surface area contributed by atoms with Gasteiger partial charge in [0.25, 0.3) is 5.91 Å². The van der Waals surface area contributed by atoms with Crippen LogP contribution in [0.4, 0.5) is 5.82 Å². The van der Waals surface area contributed by atoms with Crippen molar-refractivity contribution < 1.29 is 4.79 Å². The van der Waals surface area contributed by atoms with Crippen molar-refractivity contribution >= 4 is 23.1 Å². The van der Waals surface area contributed by atoms with Gasteiger partial charge in [-0.2, -0.15) is 0 Å². The van der Waals surface area contributed by atoms with E-state index in [4.69, 9.17) is 4.98 Å². The van der Waals surface area contributed by atoms with Gasteiger partial charge in [0.2, 0.25) is 0 Å². The van der Waals surface area contributed by atoms with Gasteiger partial charge >= 0.3 is 0 Å². The Hall–Kier alpha value is -2.80. The molecular weight excluding hydrogens is 370 g/mol. The van der Waals surface area contributed by atoms with Crippen LogP contribution < -0.4 is 4.90 Å². The van der Waals surface area contributed by atoms with E-state index in [1.54, 1.807) is 17.5 Å². The SMILES string of the molecule is CCc1cc(N2CCN(C(=O)c3ccc(C)s3)CC2)nc(-c2ccccn2)n1. The standard InChI is InChI=1S/C21H23N5OS/c1-3-16-14-19(24-20(23-16)17-6-4-5-9-22-17)25-10-12-26(13-11-25)21(27)18-8-7-15(2)28-18/h4-9,14H,3,10-13H2,1-2H3. The zero-order chi connectivity index (χ0) is 19.5. The minimum Gasteiger partial charge on any atom is -0.353 e. The van der Waals surface area contributed by atoms with E-state index in [1.807, 2.05) is 48.2 Å². The minimum absolute atomic E-state index is 0.129. The first-order chi connectivity index (χ1) is 13.6. The van der Waals surface area contributed by atoms with Gasteiger partial charge in [0.15, 0.2) is 5.82 Å². The van der Waals surface area contributed by atoms with Gasteiger partial charge in [-0.15, -0.1) is 11.3 Å². The molecule has 0 aliphatic carbocycles. The van der Waals surface area contributed by atoms with Gasteiger partial charge in [-0.1, -0.05) is 13.0 Å². The molecule has 7 heteroatoms. The van der Waals surface area contributed by atoms with Crippen molar-refractivity contribution in [2.75, 3.05) is 31.1 Å². The predicted molar refractivity (Wildman–Crippen MR) is 112 cm³/mol. The number of carbonyl (C=O) groups is 1. The van der Waals surface area contributed by atoms with Crippen LogP contribution in [0.1, 0.15) is 27.2 Å². The highest BCUT2D eigenvalue weighted by molar-refractivity contribution is 7.13. The number of piperazine rings is 1. The molecule has 0 spiro atoms. The molecule has 1 amide bonds. The van der Waals surface area contributed by atoms with Crippen LogP contribution in [0.5, 0.6) is 0 Å².